The first kappa shape index (κ1) is 31.8. The van der Waals surface area contributed by atoms with Crippen LogP contribution in [0.25, 0.3) is 0 Å². The molecule has 6 nitrogen and oxygen atoms in total. The first-order valence-corrected chi connectivity index (χ1v) is 17.7. The predicted molar refractivity (Wildman–Crippen MR) is 183 cm³/mol. The molecule has 6 rings (SSSR count). The van der Waals surface area contributed by atoms with Gasteiger partial charge in [0.2, 0.25) is 0 Å². The molecule has 0 fully saturated rings. The molecule has 0 saturated carbocycles. The van der Waals surface area contributed by atoms with Gasteiger partial charge in [-0.1, -0.05) is 120 Å². The minimum absolute atomic E-state index is 0.0711. The van der Waals surface area contributed by atoms with Crippen molar-refractivity contribution in [3.63, 3.8) is 0 Å². The third kappa shape index (κ3) is 6.56. The predicted octanol–water partition coefficient (Wildman–Crippen LogP) is 8.22. The monoisotopic (exact) mass is 660 g/mol. The van der Waals surface area contributed by atoms with E-state index in [1.807, 2.05) is 98.8 Å². The van der Waals surface area contributed by atoms with Crippen molar-refractivity contribution in [2.45, 2.75) is 29.1 Å². The molecule has 0 atom stereocenters. The van der Waals surface area contributed by atoms with Crippen LogP contribution in [-0.2, 0) is 25.7 Å². The van der Waals surface area contributed by atoms with E-state index in [9.17, 15) is 16.8 Å². The smallest absolute Gasteiger partial charge is 0.339 e. The van der Waals surface area contributed by atoms with Crippen LogP contribution in [0.4, 0.5) is 0 Å². The van der Waals surface area contributed by atoms with Gasteiger partial charge in [0.15, 0.2) is 0 Å². The van der Waals surface area contributed by atoms with Crippen LogP contribution < -0.4 is 8.37 Å². The summed E-state index contributed by atoms with van der Waals surface area (Å²) in [7, 11) is -8.08. The van der Waals surface area contributed by atoms with Crippen molar-refractivity contribution >= 4 is 20.2 Å². The lowest BCUT2D eigenvalue weighted by Gasteiger charge is -2.37. The first-order valence-electron chi connectivity index (χ1n) is 14.9. The highest BCUT2D eigenvalue weighted by Crippen LogP contribution is 2.46. The molecule has 0 aromatic heterocycles. The molecule has 6 aromatic carbocycles. The van der Waals surface area contributed by atoms with E-state index in [2.05, 4.69) is 0 Å². The Hall–Kier alpha value is -5.18. The van der Waals surface area contributed by atoms with Gasteiger partial charge in [-0.25, -0.2) is 0 Å². The normalized spacial score (nSPS) is 12.0. The summed E-state index contributed by atoms with van der Waals surface area (Å²) >= 11 is 0. The van der Waals surface area contributed by atoms with Crippen molar-refractivity contribution in [1.29, 1.82) is 0 Å². The topological polar surface area (TPSA) is 86.7 Å². The molecular formula is C39H32O6S2. The SMILES string of the molecule is Cc1ccc(S(=O)(=O)Oc2ccc(C(c3ccccc3)(c3ccccc3)c3ccc(OS(=O)(=O)c4ccc(C)cc4)cc3)cc2)cc1. The molecule has 0 N–H and O–H groups in total. The van der Waals surface area contributed by atoms with E-state index in [1.165, 1.54) is 24.3 Å². The second-order valence-corrected chi connectivity index (χ2v) is 14.3. The minimum atomic E-state index is -4.04. The maximum atomic E-state index is 13.0. The zero-order valence-corrected chi connectivity index (χ0v) is 27.4. The molecule has 47 heavy (non-hydrogen) atoms. The fourth-order valence-corrected chi connectivity index (χ4v) is 7.52. The van der Waals surface area contributed by atoms with Crippen molar-refractivity contribution in [2.24, 2.45) is 0 Å². The lowest BCUT2D eigenvalue weighted by atomic mass is 9.65. The molecular weight excluding hydrogens is 629 g/mol. The standard InChI is InChI=1S/C39H32O6S2/c1-29-13-25-37(26-14-29)46(40,41)44-35-21-17-33(18-22-35)39(31-9-5-3-6-10-31,32-11-7-4-8-12-32)34-19-23-36(24-20-34)45-47(42,43)38-27-15-30(2)16-28-38/h3-28H,1-2H3. The van der Waals surface area contributed by atoms with E-state index in [4.69, 9.17) is 8.37 Å². The average Bonchev–Trinajstić information content (AvgIpc) is 3.08. The Kier molecular flexibility index (Phi) is 8.73. The van der Waals surface area contributed by atoms with Crippen molar-refractivity contribution < 1.29 is 25.2 Å². The molecule has 0 radical (unpaired) electrons. The minimum Gasteiger partial charge on any atom is -0.379 e. The van der Waals surface area contributed by atoms with E-state index >= 15 is 0 Å². The van der Waals surface area contributed by atoms with Crippen LogP contribution in [0.2, 0.25) is 0 Å². The second kappa shape index (κ2) is 12.9. The average molecular weight is 661 g/mol. The number of benzene rings is 6. The van der Waals surface area contributed by atoms with Crippen LogP contribution >= 0.6 is 0 Å². The van der Waals surface area contributed by atoms with Gasteiger partial charge in [-0.3, -0.25) is 0 Å². The molecule has 0 aliphatic carbocycles. The van der Waals surface area contributed by atoms with Gasteiger partial charge in [0.1, 0.15) is 21.3 Å². The Morgan fingerprint density at radius 3 is 1.00 bits per heavy atom. The molecule has 8 heteroatoms. The Labute approximate surface area is 276 Å². The third-order valence-electron chi connectivity index (χ3n) is 8.02. The lowest BCUT2D eigenvalue weighted by Crippen LogP contribution is -2.31. The Bertz CT molecular complexity index is 2020. The summed E-state index contributed by atoms with van der Waals surface area (Å²) < 4.78 is 63.1. The molecule has 0 amide bonds. The van der Waals surface area contributed by atoms with Gasteiger partial charge >= 0.3 is 20.2 Å². The van der Waals surface area contributed by atoms with Crippen LogP contribution in [0.1, 0.15) is 33.4 Å². The first-order chi connectivity index (χ1) is 22.6. The summed E-state index contributed by atoms with van der Waals surface area (Å²) in [5, 5.41) is 0. The zero-order chi connectivity index (χ0) is 33.1. The van der Waals surface area contributed by atoms with Crippen LogP contribution in [0.3, 0.4) is 0 Å². The largest absolute Gasteiger partial charge is 0.379 e. The highest BCUT2D eigenvalue weighted by Gasteiger charge is 2.38. The maximum Gasteiger partial charge on any atom is 0.339 e. The summed E-state index contributed by atoms with van der Waals surface area (Å²) in [6, 6.07) is 46.9. The van der Waals surface area contributed by atoms with Crippen molar-refractivity contribution in [3.05, 3.63) is 191 Å². The van der Waals surface area contributed by atoms with Crippen LogP contribution in [-0.4, -0.2) is 16.8 Å². The van der Waals surface area contributed by atoms with Gasteiger partial charge in [0.05, 0.1) is 5.41 Å². The van der Waals surface area contributed by atoms with Crippen LogP contribution in [0.5, 0.6) is 11.5 Å². The third-order valence-corrected chi connectivity index (χ3v) is 10.5. The molecule has 0 aliphatic heterocycles. The van der Waals surface area contributed by atoms with Gasteiger partial charge < -0.3 is 8.37 Å². The van der Waals surface area contributed by atoms with Gasteiger partial charge in [-0.2, -0.15) is 16.8 Å². The fourth-order valence-electron chi connectivity index (χ4n) is 5.66. The Morgan fingerprint density at radius 2 is 0.681 bits per heavy atom. The molecule has 236 valence electrons. The second-order valence-electron chi connectivity index (χ2n) is 11.2. The van der Waals surface area contributed by atoms with Gasteiger partial charge in [0, 0.05) is 0 Å². The molecule has 0 bridgehead atoms. The van der Waals surface area contributed by atoms with Crippen molar-refractivity contribution in [2.75, 3.05) is 0 Å². The number of aryl methyl sites for hydroxylation is 2. The highest BCUT2D eigenvalue weighted by atomic mass is 32.2. The van der Waals surface area contributed by atoms with Crippen LogP contribution in [0.15, 0.2) is 168 Å². The van der Waals surface area contributed by atoms with E-state index in [-0.39, 0.29) is 21.3 Å². The molecule has 0 heterocycles. The van der Waals surface area contributed by atoms with Crippen LogP contribution in [0, 0.1) is 13.8 Å². The van der Waals surface area contributed by atoms with E-state index in [0.717, 1.165) is 33.4 Å². The molecule has 0 aliphatic rings. The van der Waals surface area contributed by atoms with Crippen molar-refractivity contribution in [3.8, 4) is 11.5 Å². The number of hydrogen-bond acceptors (Lipinski definition) is 6. The summed E-state index contributed by atoms with van der Waals surface area (Å²) in [6.07, 6.45) is 0. The zero-order valence-electron chi connectivity index (χ0n) is 25.8. The Morgan fingerprint density at radius 1 is 0.383 bits per heavy atom. The van der Waals surface area contributed by atoms with Gasteiger partial charge in [0.25, 0.3) is 0 Å². The van der Waals surface area contributed by atoms with Gasteiger partial charge in [-0.15, -0.1) is 0 Å². The van der Waals surface area contributed by atoms with E-state index < -0.39 is 25.7 Å². The number of hydrogen-bond donors (Lipinski definition) is 0. The van der Waals surface area contributed by atoms with Crippen molar-refractivity contribution in [1.82, 2.24) is 0 Å². The fraction of sp³-hybridized carbons (Fsp3) is 0.0769. The summed E-state index contributed by atoms with van der Waals surface area (Å²) in [5.74, 6) is 0.351. The summed E-state index contributed by atoms with van der Waals surface area (Å²) in [5.41, 5.74) is 4.61. The van der Waals surface area contributed by atoms with E-state index in [0.29, 0.717) is 0 Å². The highest BCUT2D eigenvalue weighted by molar-refractivity contribution is 7.87. The lowest BCUT2D eigenvalue weighted by molar-refractivity contribution is 0.484. The molecule has 6 aromatic rings. The molecule has 0 saturated heterocycles. The summed E-state index contributed by atoms with van der Waals surface area (Å²) in [6.45, 7) is 3.77. The molecule has 0 unspecified atom stereocenters. The maximum absolute atomic E-state index is 13.0. The van der Waals surface area contributed by atoms with Gasteiger partial charge in [-0.05, 0) is 84.6 Å². The quantitative estimate of drug-likeness (QED) is 0.109. The Balaban J connectivity index is 1.43. The summed E-state index contributed by atoms with van der Waals surface area (Å²) in [4.78, 5) is 0.142. The number of rotatable bonds is 10. The van der Waals surface area contributed by atoms with E-state index in [1.54, 1.807) is 48.5 Å². The molecule has 0 spiro atoms.